The van der Waals surface area contributed by atoms with Gasteiger partial charge in [0.15, 0.2) is 0 Å². The third-order valence-electron chi connectivity index (χ3n) is 1.60. The van der Waals surface area contributed by atoms with E-state index in [-0.39, 0.29) is 12.5 Å². The van der Waals surface area contributed by atoms with Gasteiger partial charge in [-0.05, 0) is 18.4 Å². The Bertz CT molecular complexity index is 362. The van der Waals surface area contributed by atoms with Gasteiger partial charge >= 0.3 is 5.97 Å². The van der Waals surface area contributed by atoms with Gasteiger partial charge in [0.1, 0.15) is 11.4 Å². The summed E-state index contributed by atoms with van der Waals surface area (Å²) in [5.74, 6) is -0.809. The molecule has 1 rings (SSSR count). The SMILES string of the molecule is CCOC(=O)CNC(=O)c1sccc1N. The summed E-state index contributed by atoms with van der Waals surface area (Å²) in [6, 6.07) is 1.64. The quantitative estimate of drug-likeness (QED) is 0.740. The van der Waals surface area contributed by atoms with Crippen molar-refractivity contribution in [2.75, 3.05) is 18.9 Å². The second kappa shape index (κ2) is 5.35. The van der Waals surface area contributed by atoms with Gasteiger partial charge in [-0.3, -0.25) is 9.59 Å². The van der Waals surface area contributed by atoms with Crippen molar-refractivity contribution >= 4 is 28.9 Å². The number of esters is 1. The third-order valence-corrected chi connectivity index (χ3v) is 2.53. The maximum absolute atomic E-state index is 11.4. The van der Waals surface area contributed by atoms with Crippen LogP contribution in [-0.4, -0.2) is 25.0 Å². The smallest absolute Gasteiger partial charge is 0.325 e. The number of carbonyl (C=O) groups is 2. The number of amides is 1. The van der Waals surface area contributed by atoms with Crippen molar-refractivity contribution in [1.29, 1.82) is 0 Å². The van der Waals surface area contributed by atoms with Gasteiger partial charge in [-0.2, -0.15) is 0 Å². The Morgan fingerprint density at radius 3 is 2.87 bits per heavy atom. The van der Waals surface area contributed by atoms with E-state index in [0.29, 0.717) is 17.2 Å². The molecule has 0 saturated heterocycles. The first-order chi connectivity index (χ1) is 7.15. The van der Waals surface area contributed by atoms with Gasteiger partial charge in [0, 0.05) is 0 Å². The molecule has 0 fully saturated rings. The van der Waals surface area contributed by atoms with Crippen molar-refractivity contribution in [3.8, 4) is 0 Å². The van der Waals surface area contributed by atoms with Gasteiger partial charge in [0.05, 0.1) is 12.3 Å². The minimum Gasteiger partial charge on any atom is -0.465 e. The number of rotatable bonds is 4. The van der Waals surface area contributed by atoms with Crippen LogP contribution in [0.15, 0.2) is 11.4 Å². The molecule has 0 aliphatic heterocycles. The lowest BCUT2D eigenvalue weighted by Crippen LogP contribution is -2.30. The Morgan fingerprint density at radius 2 is 2.33 bits per heavy atom. The zero-order valence-electron chi connectivity index (χ0n) is 8.28. The van der Waals surface area contributed by atoms with Crippen molar-refractivity contribution in [3.05, 3.63) is 16.3 Å². The van der Waals surface area contributed by atoms with Crippen LogP contribution >= 0.6 is 11.3 Å². The van der Waals surface area contributed by atoms with E-state index in [4.69, 9.17) is 5.73 Å². The maximum Gasteiger partial charge on any atom is 0.325 e. The number of nitrogens with two attached hydrogens (primary N) is 1. The van der Waals surface area contributed by atoms with Gasteiger partial charge in [-0.15, -0.1) is 11.3 Å². The number of hydrogen-bond donors (Lipinski definition) is 2. The summed E-state index contributed by atoms with van der Waals surface area (Å²) in [4.78, 5) is 22.8. The zero-order valence-corrected chi connectivity index (χ0v) is 9.10. The molecule has 0 spiro atoms. The molecule has 0 unspecified atom stereocenters. The lowest BCUT2D eigenvalue weighted by molar-refractivity contribution is -0.141. The predicted octanol–water partition coefficient (Wildman–Crippen LogP) is 0.623. The van der Waals surface area contributed by atoms with E-state index in [0.717, 1.165) is 0 Å². The molecule has 1 amide bonds. The molecule has 15 heavy (non-hydrogen) atoms. The van der Waals surface area contributed by atoms with E-state index < -0.39 is 5.97 Å². The fraction of sp³-hybridized carbons (Fsp3) is 0.333. The van der Waals surface area contributed by atoms with Crippen LogP contribution in [0.4, 0.5) is 5.69 Å². The Kier molecular flexibility index (Phi) is 4.11. The average Bonchev–Trinajstić information content (AvgIpc) is 2.61. The largest absolute Gasteiger partial charge is 0.465 e. The van der Waals surface area contributed by atoms with E-state index in [9.17, 15) is 9.59 Å². The highest BCUT2D eigenvalue weighted by molar-refractivity contribution is 7.12. The molecular formula is C9H12N2O3S. The molecule has 0 aliphatic carbocycles. The maximum atomic E-state index is 11.4. The topological polar surface area (TPSA) is 81.4 Å². The van der Waals surface area contributed by atoms with Crippen molar-refractivity contribution in [1.82, 2.24) is 5.32 Å². The molecule has 6 heteroatoms. The van der Waals surface area contributed by atoms with Crippen LogP contribution in [0.25, 0.3) is 0 Å². The van der Waals surface area contributed by atoms with E-state index >= 15 is 0 Å². The molecule has 3 N–H and O–H groups in total. The molecule has 0 bridgehead atoms. The number of anilines is 1. The molecule has 0 aliphatic rings. The monoisotopic (exact) mass is 228 g/mol. The molecule has 0 saturated carbocycles. The summed E-state index contributed by atoms with van der Waals surface area (Å²) in [5, 5.41) is 4.14. The number of nitrogen functional groups attached to an aromatic ring is 1. The minimum absolute atomic E-state index is 0.135. The molecule has 1 aromatic heterocycles. The number of ether oxygens (including phenoxy) is 1. The van der Waals surface area contributed by atoms with Crippen LogP contribution in [0, 0.1) is 0 Å². The number of hydrogen-bond acceptors (Lipinski definition) is 5. The molecule has 0 aromatic carbocycles. The van der Waals surface area contributed by atoms with Crippen molar-refractivity contribution in [3.63, 3.8) is 0 Å². The fourth-order valence-electron chi connectivity index (χ4n) is 0.948. The first-order valence-electron chi connectivity index (χ1n) is 4.42. The van der Waals surface area contributed by atoms with Gasteiger partial charge in [-0.25, -0.2) is 0 Å². The van der Waals surface area contributed by atoms with Gasteiger partial charge in [0.2, 0.25) is 0 Å². The van der Waals surface area contributed by atoms with E-state index in [1.54, 1.807) is 18.4 Å². The van der Waals surface area contributed by atoms with Crippen LogP contribution in [0.2, 0.25) is 0 Å². The lowest BCUT2D eigenvalue weighted by atomic mass is 10.4. The molecule has 1 heterocycles. The van der Waals surface area contributed by atoms with Crippen molar-refractivity contribution in [2.24, 2.45) is 0 Å². The number of nitrogens with one attached hydrogen (secondary N) is 1. The summed E-state index contributed by atoms with van der Waals surface area (Å²) in [6.07, 6.45) is 0. The second-order valence-corrected chi connectivity index (χ2v) is 3.61. The minimum atomic E-state index is -0.457. The third kappa shape index (κ3) is 3.25. The van der Waals surface area contributed by atoms with Crippen LogP contribution in [0.3, 0.4) is 0 Å². The summed E-state index contributed by atoms with van der Waals surface area (Å²) in [5.41, 5.74) is 5.96. The van der Waals surface area contributed by atoms with Gasteiger partial charge in [-0.1, -0.05) is 0 Å². The number of carbonyl (C=O) groups excluding carboxylic acids is 2. The average molecular weight is 228 g/mol. The summed E-state index contributed by atoms with van der Waals surface area (Å²) in [6.45, 7) is 1.87. The second-order valence-electron chi connectivity index (χ2n) is 2.69. The van der Waals surface area contributed by atoms with Crippen LogP contribution < -0.4 is 11.1 Å². The lowest BCUT2D eigenvalue weighted by Gasteiger charge is -2.03. The van der Waals surface area contributed by atoms with Crippen molar-refractivity contribution in [2.45, 2.75) is 6.92 Å². The van der Waals surface area contributed by atoms with E-state index in [2.05, 4.69) is 10.1 Å². The standard InChI is InChI=1S/C9H12N2O3S/c1-2-14-7(12)5-11-9(13)8-6(10)3-4-15-8/h3-4H,2,5,10H2,1H3,(H,11,13). The fourth-order valence-corrected chi connectivity index (χ4v) is 1.68. The van der Waals surface area contributed by atoms with E-state index in [1.807, 2.05) is 0 Å². The highest BCUT2D eigenvalue weighted by Crippen LogP contribution is 2.17. The molecule has 5 nitrogen and oxygen atoms in total. The molecular weight excluding hydrogens is 216 g/mol. The first kappa shape index (κ1) is 11.5. The normalized spacial score (nSPS) is 9.67. The molecule has 0 atom stereocenters. The van der Waals surface area contributed by atoms with Crippen LogP contribution in [0.5, 0.6) is 0 Å². The van der Waals surface area contributed by atoms with Gasteiger partial charge in [0.25, 0.3) is 5.91 Å². The molecule has 1 aromatic rings. The van der Waals surface area contributed by atoms with E-state index in [1.165, 1.54) is 11.3 Å². The van der Waals surface area contributed by atoms with Gasteiger partial charge < -0.3 is 15.8 Å². The van der Waals surface area contributed by atoms with Crippen LogP contribution in [-0.2, 0) is 9.53 Å². The Morgan fingerprint density at radius 1 is 1.60 bits per heavy atom. The Hall–Kier alpha value is -1.56. The van der Waals surface area contributed by atoms with Crippen molar-refractivity contribution < 1.29 is 14.3 Å². The number of thiophene rings is 1. The predicted molar refractivity (Wildman–Crippen MR) is 57.7 cm³/mol. The van der Waals surface area contributed by atoms with Crippen LogP contribution in [0.1, 0.15) is 16.6 Å². The molecule has 0 radical (unpaired) electrons. The summed E-state index contributed by atoms with van der Waals surface area (Å²) < 4.78 is 4.66. The Balaban J connectivity index is 2.44. The summed E-state index contributed by atoms with van der Waals surface area (Å²) in [7, 11) is 0. The summed E-state index contributed by atoms with van der Waals surface area (Å²) >= 11 is 1.23. The Labute approximate surface area is 91.2 Å². The highest BCUT2D eigenvalue weighted by Gasteiger charge is 2.12. The first-order valence-corrected chi connectivity index (χ1v) is 5.30. The zero-order chi connectivity index (χ0) is 11.3. The molecule has 82 valence electrons. The highest BCUT2D eigenvalue weighted by atomic mass is 32.1.